The zero-order valence-corrected chi connectivity index (χ0v) is 19.1. The number of hydrogen-bond donors (Lipinski definition) is 2. The molecular weight excluding hydrogens is 454 g/mol. The molecule has 0 radical (unpaired) electrons. The maximum Gasteiger partial charge on any atom is 0.269 e. The van der Waals surface area contributed by atoms with Crippen molar-refractivity contribution in [1.29, 1.82) is 0 Å². The van der Waals surface area contributed by atoms with E-state index in [1.807, 2.05) is 60.0 Å². The van der Waals surface area contributed by atoms with Crippen LogP contribution in [-0.2, 0) is 4.79 Å². The molecule has 9 heteroatoms. The standard InChI is InChI=1S/C25H20ClN5O3/c1-14-7-9-16(10-8-14)28-24(32)22-15(2)27-25-29-20-5-3-4-6-21(20)30(25)23(22)18-13-17(31(33)34)11-12-19(18)26/h3-13,23H,1-2H3,(H,27,29)(H,28,32). The molecule has 2 N–H and O–H groups in total. The molecule has 1 amide bonds. The summed E-state index contributed by atoms with van der Waals surface area (Å²) >= 11 is 6.58. The van der Waals surface area contributed by atoms with Gasteiger partial charge in [-0.15, -0.1) is 0 Å². The van der Waals surface area contributed by atoms with Crippen molar-refractivity contribution in [2.75, 3.05) is 10.6 Å². The van der Waals surface area contributed by atoms with E-state index in [0.29, 0.717) is 33.5 Å². The van der Waals surface area contributed by atoms with Gasteiger partial charge in [0, 0.05) is 34.1 Å². The second-order valence-electron chi connectivity index (χ2n) is 8.14. The van der Waals surface area contributed by atoms with E-state index in [4.69, 9.17) is 11.6 Å². The van der Waals surface area contributed by atoms with Crippen LogP contribution in [0.25, 0.3) is 11.0 Å². The third-order valence-electron chi connectivity index (χ3n) is 5.87. The van der Waals surface area contributed by atoms with Crippen molar-refractivity contribution < 1.29 is 9.72 Å². The van der Waals surface area contributed by atoms with Crippen molar-refractivity contribution in [3.05, 3.63) is 104 Å². The summed E-state index contributed by atoms with van der Waals surface area (Å²) < 4.78 is 1.86. The van der Waals surface area contributed by atoms with Crippen LogP contribution in [0.4, 0.5) is 17.3 Å². The van der Waals surface area contributed by atoms with Gasteiger partial charge in [-0.2, -0.15) is 0 Å². The summed E-state index contributed by atoms with van der Waals surface area (Å²) in [6.07, 6.45) is 0. The molecule has 1 aliphatic rings. The Bertz CT molecular complexity index is 1490. The molecular formula is C25H20ClN5O3. The molecule has 34 heavy (non-hydrogen) atoms. The Morgan fingerprint density at radius 1 is 1.12 bits per heavy atom. The number of amides is 1. The highest BCUT2D eigenvalue weighted by Crippen LogP contribution is 2.42. The third-order valence-corrected chi connectivity index (χ3v) is 6.21. The molecule has 0 fully saturated rings. The van der Waals surface area contributed by atoms with Crippen molar-refractivity contribution in [3.8, 4) is 0 Å². The highest BCUT2D eigenvalue weighted by atomic mass is 35.5. The molecule has 1 atom stereocenters. The predicted octanol–water partition coefficient (Wildman–Crippen LogP) is 5.83. The number of nitro groups is 1. The molecule has 0 saturated heterocycles. The first-order chi connectivity index (χ1) is 16.3. The van der Waals surface area contributed by atoms with E-state index in [-0.39, 0.29) is 11.6 Å². The molecule has 1 aliphatic heterocycles. The molecule has 0 saturated carbocycles. The minimum atomic E-state index is -0.735. The third kappa shape index (κ3) is 3.68. The van der Waals surface area contributed by atoms with Crippen LogP contribution < -0.4 is 10.6 Å². The molecule has 2 heterocycles. The topological polar surface area (TPSA) is 102 Å². The number of carbonyl (C=O) groups is 1. The second-order valence-corrected chi connectivity index (χ2v) is 8.55. The van der Waals surface area contributed by atoms with Crippen LogP contribution in [0.5, 0.6) is 0 Å². The number of nitro benzene ring substituents is 1. The summed E-state index contributed by atoms with van der Waals surface area (Å²) in [6, 6.07) is 18.5. The molecule has 4 aromatic rings. The van der Waals surface area contributed by atoms with E-state index in [0.717, 1.165) is 16.6 Å². The molecule has 1 aromatic heterocycles. The van der Waals surface area contributed by atoms with Gasteiger partial charge < -0.3 is 10.6 Å². The van der Waals surface area contributed by atoms with Crippen molar-refractivity contribution >= 4 is 45.9 Å². The van der Waals surface area contributed by atoms with Gasteiger partial charge in [-0.1, -0.05) is 41.4 Å². The second kappa shape index (κ2) is 8.31. The van der Waals surface area contributed by atoms with Crippen molar-refractivity contribution in [2.45, 2.75) is 19.9 Å². The van der Waals surface area contributed by atoms with Crippen LogP contribution in [0.1, 0.15) is 24.1 Å². The van der Waals surface area contributed by atoms with Crippen LogP contribution >= 0.6 is 11.6 Å². The Kier molecular flexibility index (Phi) is 5.30. The maximum atomic E-state index is 13.6. The Morgan fingerprint density at radius 3 is 2.59 bits per heavy atom. The number of anilines is 2. The number of benzene rings is 3. The van der Waals surface area contributed by atoms with Crippen molar-refractivity contribution in [2.24, 2.45) is 0 Å². The summed E-state index contributed by atoms with van der Waals surface area (Å²) in [5.74, 6) is 0.183. The minimum Gasteiger partial charge on any atom is -0.329 e. The Hall–Kier alpha value is -4.17. The van der Waals surface area contributed by atoms with E-state index >= 15 is 0 Å². The first-order valence-electron chi connectivity index (χ1n) is 10.6. The Labute approximate surface area is 200 Å². The average Bonchev–Trinajstić information content (AvgIpc) is 3.17. The number of hydrogen-bond acceptors (Lipinski definition) is 5. The lowest BCUT2D eigenvalue weighted by Gasteiger charge is -2.31. The molecule has 3 aromatic carbocycles. The molecule has 0 aliphatic carbocycles. The minimum absolute atomic E-state index is 0.111. The van der Waals surface area contributed by atoms with Crippen LogP contribution in [0.2, 0.25) is 5.02 Å². The number of fused-ring (bicyclic) bond motifs is 3. The molecule has 5 rings (SSSR count). The smallest absolute Gasteiger partial charge is 0.269 e. The van der Waals surface area contributed by atoms with Gasteiger partial charge in [0.1, 0.15) is 0 Å². The van der Waals surface area contributed by atoms with Gasteiger partial charge >= 0.3 is 0 Å². The fourth-order valence-corrected chi connectivity index (χ4v) is 4.46. The number of halogens is 1. The van der Waals surface area contributed by atoms with Crippen molar-refractivity contribution in [1.82, 2.24) is 9.55 Å². The molecule has 170 valence electrons. The van der Waals surface area contributed by atoms with Gasteiger partial charge in [0.25, 0.3) is 11.6 Å². The maximum absolute atomic E-state index is 13.6. The van der Waals surface area contributed by atoms with Gasteiger partial charge in [0.15, 0.2) is 0 Å². The van der Waals surface area contributed by atoms with E-state index in [9.17, 15) is 14.9 Å². The van der Waals surface area contributed by atoms with E-state index in [1.54, 1.807) is 6.92 Å². The zero-order chi connectivity index (χ0) is 24.0. The fraction of sp³-hybridized carbons (Fsp3) is 0.120. The van der Waals surface area contributed by atoms with Crippen LogP contribution in [0, 0.1) is 17.0 Å². The fourth-order valence-electron chi connectivity index (χ4n) is 4.24. The largest absolute Gasteiger partial charge is 0.329 e. The average molecular weight is 474 g/mol. The lowest BCUT2D eigenvalue weighted by molar-refractivity contribution is -0.384. The number of non-ortho nitro benzene ring substituents is 1. The van der Waals surface area contributed by atoms with Gasteiger partial charge in [-0.25, -0.2) is 4.98 Å². The van der Waals surface area contributed by atoms with Gasteiger partial charge in [0.05, 0.1) is 27.6 Å². The van der Waals surface area contributed by atoms with Gasteiger partial charge in [-0.3, -0.25) is 19.5 Å². The van der Waals surface area contributed by atoms with Crippen LogP contribution in [0.3, 0.4) is 0 Å². The zero-order valence-electron chi connectivity index (χ0n) is 18.4. The number of imidazole rings is 1. The highest BCUT2D eigenvalue weighted by molar-refractivity contribution is 6.31. The van der Waals surface area contributed by atoms with Crippen LogP contribution in [-0.4, -0.2) is 20.4 Å². The number of allylic oxidation sites excluding steroid dienone is 1. The number of aromatic nitrogens is 2. The summed E-state index contributed by atoms with van der Waals surface area (Å²) in [5, 5.41) is 18.0. The number of para-hydroxylation sites is 2. The number of nitrogens with one attached hydrogen (secondary N) is 2. The number of rotatable bonds is 4. The SMILES string of the molecule is CC1=C(C(=O)Nc2ccc(C)cc2)C(c2cc([N+](=O)[O-])ccc2Cl)n2c(nc3ccccc32)N1. The lowest BCUT2D eigenvalue weighted by Crippen LogP contribution is -2.31. The first kappa shape index (κ1) is 21.7. The van der Waals surface area contributed by atoms with Gasteiger partial charge in [0.2, 0.25) is 5.95 Å². The number of nitrogens with zero attached hydrogens (tertiary/aromatic N) is 3. The summed E-state index contributed by atoms with van der Waals surface area (Å²) in [5.41, 5.74) is 4.51. The van der Waals surface area contributed by atoms with E-state index < -0.39 is 11.0 Å². The Morgan fingerprint density at radius 2 is 1.85 bits per heavy atom. The van der Waals surface area contributed by atoms with Crippen molar-refractivity contribution in [3.63, 3.8) is 0 Å². The van der Waals surface area contributed by atoms with E-state index in [1.165, 1.54) is 18.2 Å². The Balaban J connectivity index is 1.71. The molecule has 1 unspecified atom stereocenters. The first-order valence-corrected chi connectivity index (χ1v) is 11.0. The molecule has 0 bridgehead atoms. The molecule has 8 nitrogen and oxygen atoms in total. The normalized spacial score (nSPS) is 15.1. The quantitative estimate of drug-likeness (QED) is 0.286. The van der Waals surface area contributed by atoms with E-state index in [2.05, 4.69) is 15.6 Å². The predicted molar refractivity (Wildman–Crippen MR) is 132 cm³/mol. The lowest BCUT2D eigenvalue weighted by atomic mass is 9.93. The van der Waals surface area contributed by atoms with Crippen LogP contribution in [0.15, 0.2) is 78.0 Å². The summed E-state index contributed by atoms with van der Waals surface area (Å²) in [7, 11) is 0. The number of aryl methyl sites for hydroxylation is 1. The van der Waals surface area contributed by atoms with Gasteiger partial charge in [-0.05, 0) is 44.2 Å². The molecule has 0 spiro atoms. The summed E-state index contributed by atoms with van der Waals surface area (Å²) in [4.78, 5) is 29.4. The highest BCUT2D eigenvalue weighted by Gasteiger charge is 2.36. The monoisotopic (exact) mass is 473 g/mol. The number of carbonyl (C=O) groups excluding carboxylic acids is 1. The summed E-state index contributed by atoms with van der Waals surface area (Å²) in [6.45, 7) is 3.75.